The van der Waals surface area contributed by atoms with Crippen LogP contribution in [0.2, 0.25) is 10.0 Å². The van der Waals surface area contributed by atoms with E-state index in [-0.39, 0.29) is 6.04 Å². The fourth-order valence-electron chi connectivity index (χ4n) is 4.49. The molecule has 0 radical (unpaired) electrons. The summed E-state index contributed by atoms with van der Waals surface area (Å²) in [6, 6.07) is 21.0. The minimum atomic E-state index is -0.399. The largest absolute Gasteiger partial charge is 0.497 e. The lowest BCUT2D eigenvalue weighted by molar-refractivity contribution is 0.223. The van der Waals surface area contributed by atoms with Crippen molar-refractivity contribution in [2.45, 2.75) is 12.1 Å². The topological polar surface area (TPSA) is 61.2 Å². The van der Waals surface area contributed by atoms with Gasteiger partial charge in [-0.25, -0.2) is 4.68 Å². The Labute approximate surface area is 200 Å². The summed E-state index contributed by atoms with van der Waals surface area (Å²) in [5, 5.41) is 9.28. The first-order chi connectivity index (χ1) is 16.1. The summed E-state index contributed by atoms with van der Waals surface area (Å²) in [7, 11) is 1.65. The molecule has 164 valence electrons. The van der Waals surface area contributed by atoms with Crippen molar-refractivity contribution in [1.82, 2.24) is 14.8 Å². The molecule has 8 heteroatoms. The molecule has 0 saturated heterocycles. The predicted molar refractivity (Wildman–Crippen MR) is 128 cm³/mol. The van der Waals surface area contributed by atoms with Crippen molar-refractivity contribution >= 4 is 34.8 Å². The first kappa shape index (κ1) is 20.1. The predicted octanol–water partition coefficient (Wildman–Crippen LogP) is 6.15. The summed E-state index contributed by atoms with van der Waals surface area (Å²) in [5.74, 6) is 2.16. The molecular formula is C25H18Cl2N4O2. The maximum Gasteiger partial charge on any atom is 0.226 e. The summed E-state index contributed by atoms with van der Waals surface area (Å²) in [6.45, 7) is 0. The molecule has 3 heterocycles. The molecule has 1 aromatic heterocycles. The summed E-state index contributed by atoms with van der Waals surface area (Å²) in [6.07, 6.45) is 1.15. The molecule has 3 aromatic carbocycles. The Balaban J connectivity index is 1.62. The second kappa shape index (κ2) is 7.83. The highest BCUT2D eigenvalue weighted by Crippen LogP contribution is 2.51. The summed E-state index contributed by atoms with van der Waals surface area (Å²) in [5.41, 5.74) is 4.75. The van der Waals surface area contributed by atoms with Crippen molar-refractivity contribution in [1.29, 1.82) is 0 Å². The summed E-state index contributed by atoms with van der Waals surface area (Å²) < 4.78 is 13.8. The first-order valence-electron chi connectivity index (χ1n) is 10.4. The zero-order valence-electron chi connectivity index (χ0n) is 17.5. The van der Waals surface area contributed by atoms with Crippen LogP contribution in [0.5, 0.6) is 11.5 Å². The third-order valence-electron chi connectivity index (χ3n) is 5.96. The molecule has 1 N–H and O–H groups in total. The fourth-order valence-corrected chi connectivity index (χ4v) is 4.86. The van der Waals surface area contributed by atoms with Gasteiger partial charge in [0.05, 0.1) is 12.8 Å². The first-order valence-corrected chi connectivity index (χ1v) is 11.1. The van der Waals surface area contributed by atoms with E-state index in [4.69, 9.17) is 32.7 Å². The molecule has 2 aliphatic rings. The minimum Gasteiger partial charge on any atom is -0.497 e. The summed E-state index contributed by atoms with van der Waals surface area (Å²) in [4.78, 5) is 4.45. The number of anilines is 1. The molecule has 0 aliphatic carbocycles. The molecule has 0 amide bonds. The number of aromatic nitrogens is 3. The molecular weight excluding hydrogens is 459 g/mol. The number of halogens is 2. The van der Waals surface area contributed by atoms with Gasteiger partial charge in [0.25, 0.3) is 0 Å². The Morgan fingerprint density at radius 2 is 1.79 bits per heavy atom. The number of ether oxygens (including phenoxy) is 2. The molecule has 0 bridgehead atoms. The second-order valence-electron chi connectivity index (χ2n) is 7.85. The van der Waals surface area contributed by atoms with Gasteiger partial charge in [0.15, 0.2) is 0 Å². The van der Waals surface area contributed by atoms with E-state index < -0.39 is 6.10 Å². The van der Waals surface area contributed by atoms with Gasteiger partial charge in [0.2, 0.25) is 5.95 Å². The zero-order chi connectivity index (χ0) is 22.5. The van der Waals surface area contributed by atoms with Crippen LogP contribution in [0.3, 0.4) is 0 Å². The monoisotopic (exact) mass is 476 g/mol. The standard InChI is InChI=1S/C25H18Cl2N4O2/c1-32-18-8-5-14(6-9-18)23-21-22(30-25-28-13-29-31(23)25)19-12-17(27)7-10-20(19)33-24(21)15-3-2-4-16(26)11-15/h2-13,23-24H,1H3,(H,28,29,30)/t23-,24+/m0/s1. The Kier molecular flexibility index (Phi) is 4.78. The molecule has 6 rings (SSSR count). The number of nitrogens with zero attached hydrogens (tertiary/aromatic N) is 3. The number of hydrogen-bond acceptors (Lipinski definition) is 5. The van der Waals surface area contributed by atoms with Crippen LogP contribution < -0.4 is 14.8 Å². The molecule has 4 aromatic rings. The Morgan fingerprint density at radius 3 is 2.58 bits per heavy atom. The van der Waals surface area contributed by atoms with Gasteiger partial charge in [-0.2, -0.15) is 10.1 Å². The molecule has 2 aliphatic heterocycles. The van der Waals surface area contributed by atoms with E-state index in [0.717, 1.165) is 39.5 Å². The van der Waals surface area contributed by atoms with Gasteiger partial charge in [-0.15, -0.1) is 0 Å². The molecule has 0 fully saturated rings. The molecule has 0 spiro atoms. The van der Waals surface area contributed by atoms with Crippen molar-refractivity contribution in [3.63, 3.8) is 0 Å². The minimum absolute atomic E-state index is 0.263. The quantitative estimate of drug-likeness (QED) is 0.383. The van der Waals surface area contributed by atoms with Gasteiger partial charge in [0.1, 0.15) is 30.0 Å². The second-order valence-corrected chi connectivity index (χ2v) is 8.73. The number of methoxy groups -OCH3 is 1. The van der Waals surface area contributed by atoms with Gasteiger partial charge in [0, 0.05) is 21.2 Å². The van der Waals surface area contributed by atoms with E-state index in [9.17, 15) is 0 Å². The van der Waals surface area contributed by atoms with E-state index in [2.05, 4.69) is 15.4 Å². The van der Waals surface area contributed by atoms with Gasteiger partial charge in [-0.3, -0.25) is 0 Å². The van der Waals surface area contributed by atoms with E-state index >= 15 is 0 Å². The van der Waals surface area contributed by atoms with E-state index in [1.165, 1.54) is 0 Å². The van der Waals surface area contributed by atoms with Crippen LogP contribution in [-0.4, -0.2) is 21.9 Å². The van der Waals surface area contributed by atoms with Gasteiger partial charge in [-0.1, -0.05) is 47.5 Å². The summed E-state index contributed by atoms with van der Waals surface area (Å²) >= 11 is 12.7. The van der Waals surface area contributed by atoms with Crippen molar-refractivity contribution in [2.24, 2.45) is 0 Å². The molecule has 33 heavy (non-hydrogen) atoms. The normalized spacial score (nSPS) is 18.5. The van der Waals surface area contributed by atoms with Gasteiger partial charge >= 0.3 is 0 Å². The number of fused-ring (bicyclic) bond motifs is 3. The van der Waals surface area contributed by atoms with Crippen LogP contribution in [0.4, 0.5) is 5.95 Å². The maximum absolute atomic E-state index is 6.58. The van der Waals surface area contributed by atoms with Crippen LogP contribution in [0, 0.1) is 0 Å². The molecule has 6 nitrogen and oxygen atoms in total. The van der Waals surface area contributed by atoms with E-state index in [1.54, 1.807) is 13.4 Å². The molecule has 0 saturated carbocycles. The van der Waals surface area contributed by atoms with Crippen molar-refractivity contribution < 1.29 is 9.47 Å². The van der Waals surface area contributed by atoms with Crippen LogP contribution in [-0.2, 0) is 0 Å². The maximum atomic E-state index is 6.58. The fraction of sp³-hybridized carbons (Fsp3) is 0.120. The number of rotatable bonds is 3. The highest BCUT2D eigenvalue weighted by atomic mass is 35.5. The Morgan fingerprint density at radius 1 is 0.970 bits per heavy atom. The smallest absolute Gasteiger partial charge is 0.226 e. The van der Waals surface area contributed by atoms with E-state index in [1.807, 2.05) is 71.4 Å². The van der Waals surface area contributed by atoms with Crippen molar-refractivity contribution in [3.8, 4) is 11.5 Å². The van der Waals surface area contributed by atoms with Crippen LogP contribution in [0.15, 0.2) is 78.6 Å². The third kappa shape index (κ3) is 3.34. The molecule has 2 atom stereocenters. The van der Waals surface area contributed by atoms with Crippen LogP contribution >= 0.6 is 23.2 Å². The van der Waals surface area contributed by atoms with Gasteiger partial charge in [-0.05, 0) is 53.6 Å². The lowest BCUT2D eigenvalue weighted by Crippen LogP contribution is -2.32. The van der Waals surface area contributed by atoms with Crippen molar-refractivity contribution in [2.75, 3.05) is 12.4 Å². The van der Waals surface area contributed by atoms with E-state index in [0.29, 0.717) is 16.0 Å². The average Bonchev–Trinajstić information content (AvgIpc) is 3.31. The lowest BCUT2D eigenvalue weighted by Gasteiger charge is -2.39. The Hall–Kier alpha value is -3.48. The lowest BCUT2D eigenvalue weighted by atomic mass is 9.84. The SMILES string of the molecule is COc1ccc([C@H]2C3=C(Nc4ncnn42)c2cc(Cl)ccc2O[C@@H]3c2cccc(Cl)c2)cc1. The van der Waals surface area contributed by atoms with Crippen LogP contribution in [0.1, 0.15) is 28.8 Å². The Bertz CT molecular complexity index is 1400. The highest BCUT2D eigenvalue weighted by Gasteiger charge is 2.41. The van der Waals surface area contributed by atoms with Gasteiger partial charge < -0.3 is 14.8 Å². The number of hydrogen-bond donors (Lipinski definition) is 1. The zero-order valence-corrected chi connectivity index (χ0v) is 19.0. The third-order valence-corrected chi connectivity index (χ3v) is 6.43. The van der Waals surface area contributed by atoms with Crippen LogP contribution in [0.25, 0.3) is 5.70 Å². The van der Waals surface area contributed by atoms with Crippen molar-refractivity contribution in [3.05, 3.63) is 105 Å². The highest BCUT2D eigenvalue weighted by molar-refractivity contribution is 6.31. The number of nitrogens with one attached hydrogen (secondary N) is 1. The molecule has 0 unspecified atom stereocenters. The number of benzene rings is 3. The average molecular weight is 477 g/mol.